The SMILES string of the molecule is CCC(CC)(c1ccccc1)C(O)c1ccc(F)c(F)c1. The van der Waals surface area contributed by atoms with Crippen molar-refractivity contribution < 1.29 is 13.9 Å². The molecule has 1 N–H and O–H groups in total. The molecule has 0 bridgehead atoms. The van der Waals surface area contributed by atoms with Crippen LogP contribution in [0.2, 0.25) is 0 Å². The highest BCUT2D eigenvalue weighted by Crippen LogP contribution is 2.43. The Morgan fingerprint density at radius 3 is 2.10 bits per heavy atom. The van der Waals surface area contributed by atoms with Gasteiger partial charge in [-0.05, 0) is 36.1 Å². The second kappa shape index (κ2) is 6.35. The van der Waals surface area contributed by atoms with Crippen LogP contribution in [-0.4, -0.2) is 5.11 Å². The van der Waals surface area contributed by atoms with Gasteiger partial charge in [0, 0.05) is 5.41 Å². The minimum absolute atomic E-state index is 0.404. The third kappa shape index (κ3) is 2.84. The molecular weight excluding hydrogens is 270 g/mol. The third-order valence-corrected chi connectivity index (χ3v) is 4.39. The fourth-order valence-corrected chi connectivity index (χ4v) is 2.97. The topological polar surface area (TPSA) is 20.2 Å². The maximum atomic E-state index is 13.5. The molecule has 0 aliphatic carbocycles. The third-order valence-electron chi connectivity index (χ3n) is 4.39. The molecule has 1 unspecified atom stereocenters. The van der Waals surface area contributed by atoms with E-state index in [0.717, 1.165) is 17.7 Å². The summed E-state index contributed by atoms with van der Waals surface area (Å²) in [5.74, 6) is -1.83. The summed E-state index contributed by atoms with van der Waals surface area (Å²) in [6, 6.07) is 13.3. The van der Waals surface area contributed by atoms with E-state index in [1.807, 2.05) is 44.2 Å². The van der Waals surface area contributed by atoms with Gasteiger partial charge in [-0.25, -0.2) is 8.78 Å². The summed E-state index contributed by atoms with van der Waals surface area (Å²) in [5, 5.41) is 10.8. The number of aliphatic hydroxyl groups excluding tert-OH is 1. The Morgan fingerprint density at radius 1 is 0.952 bits per heavy atom. The first-order valence-corrected chi connectivity index (χ1v) is 7.23. The summed E-state index contributed by atoms with van der Waals surface area (Å²) in [7, 11) is 0. The highest BCUT2D eigenvalue weighted by molar-refractivity contribution is 5.32. The average molecular weight is 290 g/mol. The van der Waals surface area contributed by atoms with E-state index in [1.54, 1.807) is 0 Å². The van der Waals surface area contributed by atoms with Crippen molar-refractivity contribution in [3.05, 3.63) is 71.3 Å². The lowest BCUT2D eigenvalue weighted by Crippen LogP contribution is -2.32. The number of aliphatic hydroxyl groups is 1. The molecule has 0 saturated heterocycles. The van der Waals surface area contributed by atoms with Gasteiger partial charge in [-0.2, -0.15) is 0 Å². The molecule has 0 aliphatic rings. The largest absolute Gasteiger partial charge is 0.387 e. The van der Waals surface area contributed by atoms with Crippen LogP contribution in [0.1, 0.15) is 43.9 Å². The first kappa shape index (κ1) is 15.6. The Morgan fingerprint density at radius 2 is 1.57 bits per heavy atom. The van der Waals surface area contributed by atoms with Crippen LogP contribution in [-0.2, 0) is 5.41 Å². The van der Waals surface area contributed by atoms with E-state index in [2.05, 4.69) is 0 Å². The zero-order chi connectivity index (χ0) is 15.5. The minimum Gasteiger partial charge on any atom is -0.387 e. The molecule has 1 atom stereocenters. The Hall–Kier alpha value is -1.74. The van der Waals surface area contributed by atoms with Gasteiger partial charge in [-0.1, -0.05) is 50.2 Å². The lowest BCUT2D eigenvalue weighted by molar-refractivity contribution is 0.0724. The van der Waals surface area contributed by atoms with Crippen molar-refractivity contribution in [3.63, 3.8) is 0 Å². The standard InChI is InChI=1S/C18H20F2O/c1-3-18(4-2,14-8-6-5-7-9-14)17(21)13-10-11-15(19)16(20)12-13/h5-12,17,21H,3-4H2,1-2H3. The maximum Gasteiger partial charge on any atom is 0.159 e. The van der Waals surface area contributed by atoms with Gasteiger partial charge in [-0.3, -0.25) is 0 Å². The Bertz CT molecular complexity index is 591. The molecule has 3 heteroatoms. The van der Waals surface area contributed by atoms with E-state index in [9.17, 15) is 13.9 Å². The summed E-state index contributed by atoms with van der Waals surface area (Å²) < 4.78 is 26.5. The molecule has 0 radical (unpaired) electrons. The van der Waals surface area contributed by atoms with Gasteiger partial charge in [0.15, 0.2) is 11.6 Å². The first-order valence-electron chi connectivity index (χ1n) is 7.23. The van der Waals surface area contributed by atoms with Crippen LogP contribution in [0.4, 0.5) is 8.78 Å². The molecule has 0 spiro atoms. The summed E-state index contributed by atoms with van der Waals surface area (Å²) in [4.78, 5) is 0. The second-order valence-corrected chi connectivity index (χ2v) is 5.31. The molecule has 112 valence electrons. The van der Waals surface area contributed by atoms with Crippen LogP contribution < -0.4 is 0 Å². The van der Waals surface area contributed by atoms with Crippen molar-refractivity contribution >= 4 is 0 Å². The van der Waals surface area contributed by atoms with Gasteiger partial charge in [-0.15, -0.1) is 0 Å². The molecule has 0 heterocycles. The van der Waals surface area contributed by atoms with Gasteiger partial charge >= 0.3 is 0 Å². The van der Waals surface area contributed by atoms with E-state index < -0.39 is 23.2 Å². The van der Waals surface area contributed by atoms with Crippen molar-refractivity contribution in [2.75, 3.05) is 0 Å². The number of hydrogen-bond acceptors (Lipinski definition) is 1. The van der Waals surface area contributed by atoms with E-state index in [-0.39, 0.29) is 0 Å². The highest BCUT2D eigenvalue weighted by Gasteiger charge is 2.37. The fraction of sp³-hybridized carbons (Fsp3) is 0.333. The van der Waals surface area contributed by atoms with Crippen LogP contribution in [0, 0.1) is 11.6 Å². The molecule has 0 fully saturated rings. The monoisotopic (exact) mass is 290 g/mol. The first-order chi connectivity index (χ1) is 10.0. The molecule has 0 amide bonds. The van der Waals surface area contributed by atoms with Crippen molar-refractivity contribution in [1.29, 1.82) is 0 Å². The normalized spacial score (nSPS) is 13.2. The van der Waals surface area contributed by atoms with Gasteiger partial charge in [0.2, 0.25) is 0 Å². The van der Waals surface area contributed by atoms with Crippen molar-refractivity contribution in [2.24, 2.45) is 0 Å². The number of hydrogen-bond donors (Lipinski definition) is 1. The summed E-state index contributed by atoms with van der Waals surface area (Å²) >= 11 is 0. The number of halogens is 2. The van der Waals surface area contributed by atoms with Crippen LogP contribution in [0.15, 0.2) is 48.5 Å². The lowest BCUT2D eigenvalue weighted by Gasteiger charge is -2.37. The fourth-order valence-electron chi connectivity index (χ4n) is 2.97. The van der Waals surface area contributed by atoms with Gasteiger partial charge in [0.1, 0.15) is 0 Å². The van der Waals surface area contributed by atoms with Crippen molar-refractivity contribution in [1.82, 2.24) is 0 Å². The van der Waals surface area contributed by atoms with Crippen LogP contribution in [0.25, 0.3) is 0 Å². The molecule has 0 aliphatic heterocycles. The van der Waals surface area contributed by atoms with E-state index in [1.165, 1.54) is 6.07 Å². The molecule has 2 aromatic carbocycles. The molecule has 2 aromatic rings. The van der Waals surface area contributed by atoms with Crippen molar-refractivity contribution in [2.45, 2.75) is 38.2 Å². The zero-order valence-electron chi connectivity index (χ0n) is 12.3. The Labute approximate surface area is 124 Å². The van der Waals surface area contributed by atoms with Gasteiger partial charge in [0.05, 0.1) is 6.10 Å². The predicted octanol–water partition coefficient (Wildman–Crippen LogP) is 4.76. The van der Waals surface area contributed by atoms with E-state index in [4.69, 9.17) is 0 Å². The van der Waals surface area contributed by atoms with E-state index >= 15 is 0 Å². The van der Waals surface area contributed by atoms with Crippen LogP contribution >= 0.6 is 0 Å². The summed E-state index contributed by atoms with van der Waals surface area (Å²) in [5.41, 5.74) is 0.902. The maximum absolute atomic E-state index is 13.5. The molecule has 0 aromatic heterocycles. The predicted molar refractivity (Wildman–Crippen MR) is 80.0 cm³/mol. The van der Waals surface area contributed by atoms with Gasteiger partial charge in [0.25, 0.3) is 0 Å². The van der Waals surface area contributed by atoms with E-state index in [0.29, 0.717) is 18.4 Å². The van der Waals surface area contributed by atoms with Crippen molar-refractivity contribution in [3.8, 4) is 0 Å². The minimum atomic E-state index is -0.930. The molecular formula is C18H20F2O. The second-order valence-electron chi connectivity index (χ2n) is 5.31. The smallest absolute Gasteiger partial charge is 0.159 e. The molecule has 2 rings (SSSR count). The Kier molecular flexibility index (Phi) is 4.73. The molecule has 0 saturated carbocycles. The summed E-state index contributed by atoms with van der Waals surface area (Å²) in [6.45, 7) is 4.00. The lowest BCUT2D eigenvalue weighted by atomic mass is 9.69. The Balaban J connectivity index is 2.49. The van der Waals surface area contributed by atoms with Crippen LogP contribution in [0.3, 0.4) is 0 Å². The van der Waals surface area contributed by atoms with Gasteiger partial charge < -0.3 is 5.11 Å². The zero-order valence-corrected chi connectivity index (χ0v) is 12.3. The number of benzene rings is 2. The average Bonchev–Trinajstić information content (AvgIpc) is 2.52. The van der Waals surface area contributed by atoms with Crippen LogP contribution in [0.5, 0.6) is 0 Å². The molecule has 21 heavy (non-hydrogen) atoms. The molecule has 1 nitrogen and oxygen atoms in total. The quantitative estimate of drug-likeness (QED) is 0.842. The highest BCUT2D eigenvalue weighted by atomic mass is 19.2. The number of rotatable bonds is 5. The summed E-state index contributed by atoms with van der Waals surface area (Å²) in [6.07, 6.45) is 0.520.